The molecule has 2 aromatic rings. The van der Waals surface area contributed by atoms with Crippen LogP contribution in [-0.2, 0) is 9.59 Å². The number of hydrogen-bond acceptors (Lipinski definition) is 5. The van der Waals surface area contributed by atoms with Gasteiger partial charge in [-0.1, -0.05) is 35.3 Å². The van der Waals surface area contributed by atoms with Crippen LogP contribution in [0.2, 0.25) is 10.0 Å². The number of hydrogen-bond donors (Lipinski definition) is 2. The predicted molar refractivity (Wildman–Crippen MR) is 108 cm³/mol. The van der Waals surface area contributed by atoms with E-state index in [0.717, 1.165) is 5.56 Å². The topological polar surface area (TPSA) is 114 Å². The van der Waals surface area contributed by atoms with Gasteiger partial charge in [-0.25, -0.2) is 5.43 Å². The molecule has 2 aromatic carbocycles. The van der Waals surface area contributed by atoms with Crippen molar-refractivity contribution in [2.24, 2.45) is 5.10 Å². The highest BCUT2D eigenvalue weighted by Gasteiger charge is 2.12. The lowest BCUT2D eigenvalue weighted by Gasteiger charge is -2.09. The van der Waals surface area contributed by atoms with Crippen LogP contribution in [0.3, 0.4) is 0 Å². The van der Waals surface area contributed by atoms with Crippen molar-refractivity contribution in [2.75, 3.05) is 5.32 Å². The Labute approximate surface area is 170 Å². The van der Waals surface area contributed by atoms with E-state index in [0.29, 0.717) is 16.3 Å². The molecule has 0 aromatic heterocycles. The van der Waals surface area contributed by atoms with Crippen LogP contribution in [0.1, 0.15) is 24.0 Å². The number of rotatable bonds is 7. The van der Waals surface area contributed by atoms with Crippen LogP contribution in [-0.4, -0.2) is 23.0 Å². The highest BCUT2D eigenvalue weighted by molar-refractivity contribution is 6.32. The third-order valence-electron chi connectivity index (χ3n) is 3.69. The van der Waals surface area contributed by atoms with Crippen molar-refractivity contribution in [3.63, 3.8) is 0 Å². The quantitative estimate of drug-likeness (QED) is 0.397. The number of carbonyl (C=O) groups excluding carboxylic acids is 2. The molecule has 0 aliphatic carbocycles. The Balaban J connectivity index is 1.83. The largest absolute Gasteiger partial charge is 0.326 e. The van der Waals surface area contributed by atoms with Crippen molar-refractivity contribution in [1.82, 2.24) is 5.43 Å². The van der Waals surface area contributed by atoms with Gasteiger partial charge in [-0.3, -0.25) is 19.7 Å². The number of nitro groups is 1. The van der Waals surface area contributed by atoms with E-state index in [9.17, 15) is 19.7 Å². The average Bonchev–Trinajstić information content (AvgIpc) is 2.65. The molecular weight excluding hydrogens is 407 g/mol. The fraction of sp³-hybridized carbons (Fsp3) is 0.167. The Hall–Kier alpha value is -2.97. The minimum Gasteiger partial charge on any atom is -0.326 e. The van der Waals surface area contributed by atoms with Gasteiger partial charge < -0.3 is 5.32 Å². The lowest BCUT2D eigenvalue weighted by molar-refractivity contribution is -0.384. The van der Waals surface area contributed by atoms with E-state index >= 15 is 0 Å². The first-order chi connectivity index (χ1) is 13.3. The van der Waals surface area contributed by atoms with E-state index < -0.39 is 10.8 Å². The van der Waals surface area contributed by atoms with E-state index in [2.05, 4.69) is 15.8 Å². The van der Waals surface area contributed by atoms with Crippen LogP contribution < -0.4 is 10.7 Å². The lowest BCUT2D eigenvalue weighted by atomic mass is 10.2. The van der Waals surface area contributed by atoms with Crippen molar-refractivity contribution < 1.29 is 14.5 Å². The van der Waals surface area contributed by atoms with Gasteiger partial charge in [0.25, 0.3) is 5.69 Å². The number of carbonyl (C=O) groups is 2. The molecule has 2 amide bonds. The number of nitrogens with one attached hydrogen (secondary N) is 2. The van der Waals surface area contributed by atoms with Gasteiger partial charge in [-0.15, -0.1) is 0 Å². The van der Waals surface area contributed by atoms with Gasteiger partial charge in [0.05, 0.1) is 11.1 Å². The Kier molecular flexibility index (Phi) is 7.48. The molecule has 0 saturated carbocycles. The highest BCUT2D eigenvalue weighted by atomic mass is 35.5. The number of benzene rings is 2. The molecule has 8 nitrogen and oxygen atoms in total. The summed E-state index contributed by atoms with van der Waals surface area (Å²) in [6.07, 6.45) is 1.12. The van der Waals surface area contributed by atoms with Crippen molar-refractivity contribution in [3.8, 4) is 0 Å². The Morgan fingerprint density at radius 3 is 2.57 bits per heavy atom. The maximum atomic E-state index is 12.0. The molecule has 0 bridgehead atoms. The Bertz CT molecular complexity index is 947. The van der Waals surface area contributed by atoms with E-state index in [1.165, 1.54) is 24.4 Å². The average molecular weight is 423 g/mol. The first-order valence-electron chi connectivity index (χ1n) is 8.08. The van der Waals surface area contributed by atoms with Gasteiger partial charge >= 0.3 is 0 Å². The zero-order valence-electron chi connectivity index (χ0n) is 14.7. The normalized spacial score (nSPS) is 10.7. The number of amides is 2. The van der Waals surface area contributed by atoms with Crippen LogP contribution in [0.25, 0.3) is 0 Å². The van der Waals surface area contributed by atoms with Crippen molar-refractivity contribution in [3.05, 3.63) is 67.7 Å². The smallest absolute Gasteiger partial charge is 0.288 e. The van der Waals surface area contributed by atoms with Crippen LogP contribution >= 0.6 is 23.2 Å². The van der Waals surface area contributed by atoms with E-state index in [4.69, 9.17) is 23.2 Å². The van der Waals surface area contributed by atoms with Gasteiger partial charge in [0.2, 0.25) is 11.8 Å². The molecule has 0 heterocycles. The molecule has 10 heteroatoms. The third-order valence-corrected chi connectivity index (χ3v) is 4.42. The number of nitrogens with zero attached hydrogens (tertiary/aromatic N) is 2. The summed E-state index contributed by atoms with van der Waals surface area (Å²) in [5.74, 6) is -0.810. The third kappa shape index (κ3) is 6.04. The summed E-state index contributed by atoms with van der Waals surface area (Å²) in [7, 11) is 0. The predicted octanol–water partition coefficient (Wildman–Crippen LogP) is 4.08. The molecule has 0 radical (unpaired) electrons. The van der Waals surface area contributed by atoms with Crippen LogP contribution in [0.15, 0.2) is 41.5 Å². The molecule has 146 valence electrons. The van der Waals surface area contributed by atoms with Crippen LogP contribution in [0, 0.1) is 17.0 Å². The fourth-order valence-corrected chi connectivity index (χ4v) is 2.53. The monoisotopic (exact) mass is 422 g/mol. The Morgan fingerprint density at radius 2 is 1.86 bits per heavy atom. The second-order valence-corrected chi connectivity index (χ2v) is 6.54. The lowest BCUT2D eigenvalue weighted by Crippen LogP contribution is -2.20. The van der Waals surface area contributed by atoms with Gasteiger partial charge in [-0.05, 0) is 30.7 Å². The molecule has 0 unspecified atom stereocenters. The molecule has 28 heavy (non-hydrogen) atoms. The van der Waals surface area contributed by atoms with E-state index in [-0.39, 0.29) is 29.5 Å². The second kappa shape index (κ2) is 9.82. The van der Waals surface area contributed by atoms with E-state index in [1.807, 2.05) is 0 Å². The standard InChI is InChI=1S/C18H16Cl2N4O4/c1-11-13(19)3-2-4-15(11)22-17(25)7-8-18(26)23-21-10-12-5-6-14(20)16(9-12)24(27)28/h2-6,9-10H,7-8H2,1H3,(H,22,25)(H,23,26)/b21-10-. The minimum absolute atomic E-state index is 0.00661. The molecule has 0 aliphatic heterocycles. The SMILES string of the molecule is Cc1c(Cl)cccc1NC(=O)CCC(=O)N/N=C\c1ccc(Cl)c([N+](=O)[O-])c1. The fourth-order valence-electron chi connectivity index (χ4n) is 2.17. The first-order valence-corrected chi connectivity index (χ1v) is 8.84. The second-order valence-electron chi connectivity index (χ2n) is 5.72. The van der Waals surface area contributed by atoms with Crippen molar-refractivity contribution in [1.29, 1.82) is 0 Å². The maximum absolute atomic E-state index is 12.0. The molecule has 2 rings (SSSR count). The molecule has 0 saturated heterocycles. The molecule has 0 aliphatic rings. The molecule has 2 N–H and O–H groups in total. The minimum atomic E-state index is -0.613. The van der Waals surface area contributed by atoms with Gasteiger partial charge in [0.1, 0.15) is 5.02 Å². The summed E-state index contributed by atoms with van der Waals surface area (Å²) in [5, 5.41) is 17.8. The summed E-state index contributed by atoms with van der Waals surface area (Å²) in [5.41, 5.74) is 3.72. The zero-order valence-corrected chi connectivity index (χ0v) is 16.3. The van der Waals surface area contributed by atoms with Gasteiger partial charge in [-0.2, -0.15) is 5.10 Å². The molecular formula is C18H16Cl2N4O4. The number of nitro benzene ring substituents is 1. The zero-order chi connectivity index (χ0) is 20.7. The summed E-state index contributed by atoms with van der Waals surface area (Å²) in [6.45, 7) is 1.78. The summed E-state index contributed by atoms with van der Waals surface area (Å²) >= 11 is 11.7. The van der Waals surface area contributed by atoms with Gasteiger partial charge in [0.15, 0.2) is 0 Å². The molecule has 0 fully saturated rings. The molecule has 0 atom stereocenters. The maximum Gasteiger partial charge on any atom is 0.288 e. The number of anilines is 1. The van der Waals surface area contributed by atoms with E-state index in [1.54, 1.807) is 25.1 Å². The van der Waals surface area contributed by atoms with Crippen molar-refractivity contribution >= 4 is 52.6 Å². The van der Waals surface area contributed by atoms with Crippen LogP contribution in [0.5, 0.6) is 0 Å². The first kappa shape index (κ1) is 21.3. The molecule has 0 spiro atoms. The van der Waals surface area contributed by atoms with Crippen LogP contribution in [0.4, 0.5) is 11.4 Å². The van der Waals surface area contributed by atoms with Gasteiger partial charge in [0, 0.05) is 35.2 Å². The van der Waals surface area contributed by atoms with Crippen molar-refractivity contribution in [2.45, 2.75) is 19.8 Å². The Morgan fingerprint density at radius 1 is 1.14 bits per heavy atom. The summed E-state index contributed by atoms with van der Waals surface area (Å²) < 4.78 is 0. The number of hydrazone groups is 1. The summed E-state index contributed by atoms with van der Waals surface area (Å²) in [4.78, 5) is 34.0. The number of halogens is 2. The highest BCUT2D eigenvalue weighted by Crippen LogP contribution is 2.24. The summed E-state index contributed by atoms with van der Waals surface area (Å²) in [6, 6.07) is 9.27.